The minimum atomic E-state index is -0.121. The van der Waals surface area contributed by atoms with E-state index in [1.165, 1.54) is 45.1 Å². The van der Waals surface area contributed by atoms with Crippen LogP contribution in [0.15, 0.2) is 0 Å². The summed E-state index contributed by atoms with van der Waals surface area (Å²) in [5.41, 5.74) is 0. The van der Waals surface area contributed by atoms with Gasteiger partial charge in [-0.2, -0.15) is 0 Å². The first kappa shape index (κ1) is 14.3. The van der Waals surface area contributed by atoms with Crippen molar-refractivity contribution in [2.24, 2.45) is 5.92 Å². The van der Waals surface area contributed by atoms with Gasteiger partial charge >= 0.3 is 0 Å². The monoisotopic (exact) mass is 254 g/mol. The number of aliphatic hydroxyl groups is 1. The van der Waals surface area contributed by atoms with E-state index in [1.807, 2.05) is 0 Å². The van der Waals surface area contributed by atoms with Gasteiger partial charge in [0.2, 0.25) is 0 Å². The molecular weight excluding hydrogens is 224 g/mol. The predicted molar refractivity (Wildman–Crippen MR) is 75.7 cm³/mol. The van der Waals surface area contributed by atoms with Crippen molar-refractivity contribution in [3.05, 3.63) is 0 Å². The van der Waals surface area contributed by atoms with Gasteiger partial charge in [0.15, 0.2) is 0 Å². The summed E-state index contributed by atoms with van der Waals surface area (Å²) < 4.78 is 0. The van der Waals surface area contributed by atoms with Crippen molar-refractivity contribution in [2.45, 2.75) is 57.1 Å². The number of hydrogen-bond acceptors (Lipinski definition) is 3. The lowest BCUT2D eigenvalue weighted by molar-refractivity contribution is 0.0920. The first-order valence-electron chi connectivity index (χ1n) is 7.72. The van der Waals surface area contributed by atoms with Crippen molar-refractivity contribution in [1.82, 2.24) is 9.80 Å². The van der Waals surface area contributed by atoms with Crippen molar-refractivity contribution in [3.8, 4) is 0 Å². The average Bonchev–Trinajstić information content (AvgIpc) is 2.91. The van der Waals surface area contributed by atoms with E-state index >= 15 is 0 Å². The van der Waals surface area contributed by atoms with E-state index in [9.17, 15) is 5.11 Å². The van der Waals surface area contributed by atoms with E-state index in [4.69, 9.17) is 0 Å². The second-order valence-corrected chi connectivity index (χ2v) is 6.54. The molecule has 2 atom stereocenters. The van der Waals surface area contributed by atoms with Crippen LogP contribution in [0.25, 0.3) is 0 Å². The highest BCUT2D eigenvalue weighted by molar-refractivity contribution is 4.80. The number of likely N-dealkylation sites (N-methyl/N-ethyl adjacent to an activating group) is 2. The lowest BCUT2D eigenvalue weighted by atomic mass is 10.00. The molecule has 2 aliphatic rings. The lowest BCUT2D eigenvalue weighted by Gasteiger charge is -2.28. The summed E-state index contributed by atoms with van der Waals surface area (Å²) in [6, 6.07) is 0.702. The van der Waals surface area contributed by atoms with Gasteiger partial charge in [-0.15, -0.1) is 0 Å². The highest BCUT2D eigenvalue weighted by Crippen LogP contribution is 2.28. The molecule has 1 heterocycles. The van der Waals surface area contributed by atoms with E-state index in [2.05, 4.69) is 23.9 Å². The molecule has 18 heavy (non-hydrogen) atoms. The Labute approximate surface area is 112 Å². The summed E-state index contributed by atoms with van der Waals surface area (Å²) in [5.74, 6) is 0.794. The van der Waals surface area contributed by atoms with Gasteiger partial charge in [-0.25, -0.2) is 0 Å². The number of nitrogens with zero attached hydrogens (tertiary/aromatic N) is 2. The smallest absolute Gasteiger partial charge is 0.0669 e. The van der Waals surface area contributed by atoms with E-state index in [0.717, 1.165) is 25.4 Å². The average molecular weight is 254 g/mol. The summed E-state index contributed by atoms with van der Waals surface area (Å²) in [5, 5.41) is 10.2. The Hall–Kier alpha value is -0.120. The third-order valence-corrected chi connectivity index (χ3v) is 4.80. The normalized spacial score (nSPS) is 28.3. The van der Waals surface area contributed by atoms with Gasteiger partial charge in [0.1, 0.15) is 0 Å². The fraction of sp³-hybridized carbons (Fsp3) is 1.00. The van der Waals surface area contributed by atoms with Gasteiger partial charge in [-0.1, -0.05) is 25.7 Å². The Morgan fingerprint density at radius 1 is 1.22 bits per heavy atom. The standard InChI is InChI=1S/C15H30N2O/c1-16(11-14-8-5-9-17(14)2)12-15(18)10-13-6-3-4-7-13/h13-15,18H,3-12H2,1-2H3. The Morgan fingerprint density at radius 3 is 2.56 bits per heavy atom. The third kappa shape index (κ3) is 4.22. The zero-order chi connectivity index (χ0) is 13.0. The summed E-state index contributed by atoms with van der Waals surface area (Å²) >= 11 is 0. The Balaban J connectivity index is 1.64. The van der Waals surface area contributed by atoms with Crippen molar-refractivity contribution >= 4 is 0 Å². The maximum absolute atomic E-state index is 10.2. The Bertz CT molecular complexity index is 241. The molecule has 1 N–H and O–H groups in total. The van der Waals surface area contributed by atoms with Crippen LogP contribution in [-0.2, 0) is 0 Å². The molecule has 0 aromatic carbocycles. The molecule has 1 saturated carbocycles. The Kier molecular flexibility index (Phi) is 5.46. The van der Waals surface area contributed by atoms with Crippen LogP contribution in [0.2, 0.25) is 0 Å². The molecule has 3 heteroatoms. The molecule has 2 unspecified atom stereocenters. The van der Waals surface area contributed by atoms with Crippen molar-refractivity contribution < 1.29 is 5.11 Å². The van der Waals surface area contributed by atoms with E-state index in [0.29, 0.717) is 6.04 Å². The molecule has 0 aromatic heterocycles. The fourth-order valence-electron chi connectivity index (χ4n) is 3.71. The van der Waals surface area contributed by atoms with Crippen LogP contribution in [0.3, 0.4) is 0 Å². The maximum atomic E-state index is 10.2. The second-order valence-electron chi connectivity index (χ2n) is 6.54. The van der Waals surface area contributed by atoms with E-state index in [1.54, 1.807) is 0 Å². The van der Waals surface area contributed by atoms with Crippen LogP contribution >= 0.6 is 0 Å². The minimum Gasteiger partial charge on any atom is -0.392 e. The van der Waals surface area contributed by atoms with Gasteiger partial charge in [0.05, 0.1) is 6.10 Å². The summed E-state index contributed by atoms with van der Waals surface area (Å²) in [7, 11) is 4.38. The van der Waals surface area contributed by atoms with Crippen LogP contribution < -0.4 is 0 Å². The fourth-order valence-corrected chi connectivity index (χ4v) is 3.71. The zero-order valence-electron chi connectivity index (χ0n) is 12.1. The van der Waals surface area contributed by atoms with Gasteiger partial charge in [0.25, 0.3) is 0 Å². The van der Waals surface area contributed by atoms with Crippen LogP contribution in [0.5, 0.6) is 0 Å². The number of aliphatic hydroxyl groups excluding tert-OH is 1. The molecule has 1 aliphatic heterocycles. The highest BCUT2D eigenvalue weighted by atomic mass is 16.3. The molecule has 0 spiro atoms. The number of likely N-dealkylation sites (tertiary alicyclic amines) is 1. The molecule has 1 aliphatic carbocycles. The summed E-state index contributed by atoms with van der Waals surface area (Å²) in [6.07, 6.45) is 8.98. The molecule has 106 valence electrons. The molecular formula is C15H30N2O. The molecule has 3 nitrogen and oxygen atoms in total. The third-order valence-electron chi connectivity index (χ3n) is 4.80. The molecule has 0 amide bonds. The van der Waals surface area contributed by atoms with Crippen molar-refractivity contribution in [3.63, 3.8) is 0 Å². The van der Waals surface area contributed by atoms with Crippen LogP contribution in [-0.4, -0.2) is 60.8 Å². The molecule has 1 saturated heterocycles. The Morgan fingerprint density at radius 2 is 1.94 bits per heavy atom. The summed E-state index contributed by atoms with van der Waals surface area (Å²) in [4.78, 5) is 4.78. The predicted octanol–water partition coefficient (Wildman–Crippen LogP) is 1.95. The van der Waals surface area contributed by atoms with Crippen molar-refractivity contribution in [2.75, 3.05) is 33.7 Å². The molecule has 2 fully saturated rings. The van der Waals surface area contributed by atoms with Gasteiger partial charge in [0, 0.05) is 19.1 Å². The SMILES string of the molecule is CN(CC(O)CC1CCCC1)CC1CCCN1C. The topological polar surface area (TPSA) is 26.7 Å². The minimum absolute atomic E-state index is 0.121. The largest absolute Gasteiger partial charge is 0.392 e. The lowest BCUT2D eigenvalue weighted by Crippen LogP contribution is -2.40. The van der Waals surface area contributed by atoms with Gasteiger partial charge in [-0.05, 0) is 45.8 Å². The number of rotatable bonds is 6. The van der Waals surface area contributed by atoms with E-state index < -0.39 is 0 Å². The molecule has 0 radical (unpaired) electrons. The van der Waals surface area contributed by atoms with Gasteiger partial charge < -0.3 is 14.9 Å². The quantitative estimate of drug-likeness (QED) is 0.785. The maximum Gasteiger partial charge on any atom is 0.0669 e. The van der Waals surface area contributed by atoms with E-state index in [-0.39, 0.29) is 6.10 Å². The molecule has 0 bridgehead atoms. The van der Waals surface area contributed by atoms with Crippen LogP contribution in [0.4, 0.5) is 0 Å². The van der Waals surface area contributed by atoms with Crippen molar-refractivity contribution in [1.29, 1.82) is 0 Å². The first-order chi connectivity index (χ1) is 8.65. The second kappa shape index (κ2) is 6.88. The molecule has 2 rings (SSSR count). The van der Waals surface area contributed by atoms with Crippen LogP contribution in [0.1, 0.15) is 44.9 Å². The highest BCUT2D eigenvalue weighted by Gasteiger charge is 2.24. The zero-order valence-corrected chi connectivity index (χ0v) is 12.1. The first-order valence-corrected chi connectivity index (χ1v) is 7.72. The molecule has 0 aromatic rings. The van der Waals surface area contributed by atoms with Crippen LogP contribution in [0, 0.1) is 5.92 Å². The summed E-state index contributed by atoms with van der Waals surface area (Å²) in [6.45, 7) is 3.20. The number of hydrogen-bond donors (Lipinski definition) is 1. The van der Waals surface area contributed by atoms with Gasteiger partial charge in [-0.3, -0.25) is 0 Å².